The number of carbonyl (C=O) groups excluding carboxylic acids is 1. The summed E-state index contributed by atoms with van der Waals surface area (Å²) in [4.78, 5) is 17.4. The molecule has 112 valence electrons. The van der Waals surface area contributed by atoms with Crippen molar-refractivity contribution in [1.29, 1.82) is 0 Å². The first-order valence-corrected chi connectivity index (χ1v) is 8.52. The average Bonchev–Trinajstić information content (AvgIpc) is 2.91. The topological polar surface area (TPSA) is 54.0 Å². The number of hydrogen-bond acceptors (Lipinski definition) is 4. The van der Waals surface area contributed by atoms with Gasteiger partial charge in [0.05, 0.1) is 15.7 Å². The van der Waals surface area contributed by atoms with E-state index in [0.717, 1.165) is 28.9 Å². The Bertz CT molecular complexity index is 583. The molecule has 2 rings (SSSR count). The smallest absolute Gasteiger partial charge is 0.269 e. The van der Waals surface area contributed by atoms with E-state index < -0.39 is 0 Å². The molecule has 2 aromatic rings. The van der Waals surface area contributed by atoms with Gasteiger partial charge in [-0.25, -0.2) is 4.98 Å². The maximum absolute atomic E-state index is 12.0. The minimum absolute atomic E-state index is 0.132. The number of rotatable bonds is 7. The van der Waals surface area contributed by atoms with E-state index in [0.29, 0.717) is 12.2 Å². The lowest BCUT2D eigenvalue weighted by Gasteiger charge is -2.06. The molecule has 0 atom stereocenters. The minimum atomic E-state index is -0.132. The zero-order valence-corrected chi connectivity index (χ0v) is 14.3. The van der Waals surface area contributed by atoms with Gasteiger partial charge in [0.2, 0.25) is 0 Å². The fourth-order valence-electron chi connectivity index (χ4n) is 1.78. The van der Waals surface area contributed by atoms with Gasteiger partial charge in [-0.3, -0.25) is 4.79 Å². The summed E-state index contributed by atoms with van der Waals surface area (Å²) >= 11 is 5.12. The van der Waals surface area contributed by atoms with Crippen molar-refractivity contribution < 1.29 is 4.79 Å². The molecule has 4 nitrogen and oxygen atoms in total. The third kappa shape index (κ3) is 5.13. The van der Waals surface area contributed by atoms with Crippen LogP contribution in [0.15, 0.2) is 34.2 Å². The quantitative estimate of drug-likeness (QED) is 0.784. The Morgan fingerprint density at radius 2 is 2.14 bits per heavy atom. The largest absolute Gasteiger partial charge is 0.384 e. The van der Waals surface area contributed by atoms with Crippen LogP contribution in [0.3, 0.4) is 0 Å². The molecule has 0 aliphatic carbocycles. The van der Waals surface area contributed by atoms with Crippen molar-refractivity contribution in [3.05, 3.63) is 44.8 Å². The average molecular weight is 368 g/mol. The van der Waals surface area contributed by atoms with Crippen molar-refractivity contribution in [3.63, 3.8) is 0 Å². The lowest BCUT2D eigenvalue weighted by molar-refractivity contribution is 0.0949. The monoisotopic (exact) mass is 367 g/mol. The molecule has 0 saturated carbocycles. The molecule has 0 aromatic carbocycles. The highest BCUT2D eigenvalue weighted by molar-refractivity contribution is 9.11. The highest BCUT2D eigenvalue weighted by atomic mass is 79.9. The van der Waals surface area contributed by atoms with Crippen molar-refractivity contribution in [1.82, 2.24) is 10.3 Å². The van der Waals surface area contributed by atoms with E-state index in [9.17, 15) is 4.79 Å². The number of amides is 1. The van der Waals surface area contributed by atoms with E-state index in [1.807, 2.05) is 12.1 Å². The maximum atomic E-state index is 12.0. The summed E-state index contributed by atoms with van der Waals surface area (Å²) in [5.74, 6) is -0.132. The summed E-state index contributed by atoms with van der Waals surface area (Å²) < 4.78 is 1.11. The van der Waals surface area contributed by atoms with E-state index in [1.54, 1.807) is 23.6 Å². The number of anilines is 1. The lowest BCUT2D eigenvalue weighted by Crippen LogP contribution is -2.26. The number of thiophene rings is 1. The first-order chi connectivity index (χ1) is 10.2. The SMILES string of the molecule is CCCNc1ccc(C(=O)NCCc2ccc(Br)s2)nc1. The number of pyridine rings is 1. The normalized spacial score (nSPS) is 10.4. The molecular weight excluding hydrogens is 350 g/mol. The second kappa shape index (κ2) is 8.14. The van der Waals surface area contributed by atoms with Crippen molar-refractivity contribution in [2.75, 3.05) is 18.4 Å². The van der Waals surface area contributed by atoms with Crippen molar-refractivity contribution in [2.45, 2.75) is 19.8 Å². The van der Waals surface area contributed by atoms with Gasteiger partial charge in [0, 0.05) is 18.0 Å². The van der Waals surface area contributed by atoms with Crippen molar-refractivity contribution in [3.8, 4) is 0 Å². The Hall–Kier alpha value is -1.40. The molecule has 2 N–H and O–H groups in total. The molecule has 0 unspecified atom stereocenters. The van der Waals surface area contributed by atoms with Gasteiger partial charge in [0.1, 0.15) is 5.69 Å². The number of nitrogens with zero attached hydrogens (tertiary/aromatic N) is 1. The van der Waals surface area contributed by atoms with Crippen LogP contribution in [-0.2, 0) is 6.42 Å². The summed E-state index contributed by atoms with van der Waals surface area (Å²) in [6.07, 6.45) is 3.58. The molecule has 0 aliphatic heterocycles. The Balaban J connectivity index is 1.79. The first-order valence-electron chi connectivity index (χ1n) is 6.91. The summed E-state index contributed by atoms with van der Waals surface area (Å²) in [5, 5.41) is 6.12. The van der Waals surface area contributed by atoms with Gasteiger partial charge in [0.25, 0.3) is 5.91 Å². The molecule has 0 saturated heterocycles. The standard InChI is InChI=1S/C15H18BrN3OS/c1-2-8-17-11-3-5-13(19-10-11)15(20)18-9-7-12-4-6-14(16)21-12/h3-6,10,17H,2,7-9H2,1H3,(H,18,20). The van der Waals surface area contributed by atoms with Crippen LogP contribution in [-0.4, -0.2) is 24.0 Å². The van der Waals surface area contributed by atoms with Crippen molar-refractivity contribution >= 4 is 38.9 Å². The van der Waals surface area contributed by atoms with E-state index in [4.69, 9.17) is 0 Å². The second-order valence-electron chi connectivity index (χ2n) is 4.57. The van der Waals surface area contributed by atoms with Gasteiger partial charge in [-0.05, 0) is 53.0 Å². The second-order valence-corrected chi connectivity index (χ2v) is 7.12. The fraction of sp³-hybridized carbons (Fsp3) is 0.333. The van der Waals surface area contributed by atoms with E-state index in [-0.39, 0.29) is 5.91 Å². The highest BCUT2D eigenvalue weighted by Crippen LogP contribution is 2.22. The van der Waals surface area contributed by atoms with Crippen LogP contribution in [0.2, 0.25) is 0 Å². The number of hydrogen-bond donors (Lipinski definition) is 2. The van der Waals surface area contributed by atoms with Crippen LogP contribution >= 0.6 is 27.3 Å². The molecule has 2 aromatic heterocycles. The maximum Gasteiger partial charge on any atom is 0.269 e. The third-order valence-electron chi connectivity index (χ3n) is 2.86. The molecule has 0 aliphatic rings. The summed E-state index contributed by atoms with van der Waals surface area (Å²) in [6, 6.07) is 7.71. The van der Waals surface area contributed by atoms with Crippen LogP contribution in [0.4, 0.5) is 5.69 Å². The Morgan fingerprint density at radius 1 is 1.29 bits per heavy atom. The summed E-state index contributed by atoms with van der Waals surface area (Å²) in [7, 11) is 0. The fourth-order valence-corrected chi connectivity index (χ4v) is 3.26. The molecular formula is C15H18BrN3OS. The molecule has 0 bridgehead atoms. The first kappa shape index (κ1) is 16.0. The predicted molar refractivity (Wildman–Crippen MR) is 91.1 cm³/mol. The molecule has 6 heteroatoms. The molecule has 0 radical (unpaired) electrons. The number of nitrogens with one attached hydrogen (secondary N) is 2. The molecule has 1 amide bonds. The number of aromatic nitrogens is 1. The van der Waals surface area contributed by atoms with Gasteiger partial charge in [0.15, 0.2) is 0 Å². The summed E-state index contributed by atoms with van der Waals surface area (Å²) in [6.45, 7) is 3.63. The highest BCUT2D eigenvalue weighted by Gasteiger charge is 2.07. The zero-order valence-electron chi connectivity index (χ0n) is 11.9. The minimum Gasteiger partial charge on any atom is -0.384 e. The predicted octanol–water partition coefficient (Wildman–Crippen LogP) is 3.70. The van der Waals surface area contributed by atoms with Gasteiger partial charge in [-0.15, -0.1) is 11.3 Å². The van der Waals surface area contributed by atoms with E-state index >= 15 is 0 Å². The third-order valence-corrected chi connectivity index (χ3v) is 4.54. The zero-order chi connectivity index (χ0) is 15.1. The van der Waals surface area contributed by atoms with Crippen LogP contribution < -0.4 is 10.6 Å². The molecule has 21 heavy (non-hydrogen) atoms. The van der Waals surface area contributed by atoms with Crippen molar-refractivity contribution in [2.24, 2.45) is 0 Å². The Labute approximate surface area is 137 Å². The van der Waals surface area contributed by atoms with Gasteiger partial charge in [-0.1, -0.05) is 6.92 Å². The summed E-state index contributed by atoms with van der Waals surface area (Å²) in [5.41, 5.74) is 1.39. The van der Waals surface area contributed by atoms with Gasteiger partial charge in [-0.2, -0.15) is 0 Å². The van der Waals surface area contributed by atoms with E-state index in [1.165, 1.54) is 4.88 Å². The van der Waals surface area contributed by atoms with Gasteiger partial charge >= 0.3 is 0 Å². The van der Waals surface area contributed by atoms with Crippen LogP contribution in [0.5, 0.6) is 0 Å². The van der Waals surface area contributed by atoms with Crippen LogP contribution in [0.1, 0.15) is 28.7 Å². The lowest BCUT2D eigenvalue weighted by atomic mass is 10.3. The van der Waals surface area contributed by atoms with Crippen LogP contribution in [0, 0.1) is 0 Å². The number of halogens is 1. The van der Waals surface area contributed by atoms with E-state index in [2.05, 4.69) is 44.5 Å². The number of carbonyl (C=O) groups is 1. The molecule has 2 heterocycles. The molecule has 0 fully saturated rings. The van der Waals surface area contributed by atoms with Gasteiger partial charge < -0.3 is 10.6 Å². The Morgan fingerprint density at radius 3 is 2.76 bits per heavy atom. The molecule has 0 spiro atoms. The van der Waals surface area contributed by atoms with Crippen LogP contribution in [0.25, 0.3) is 0 Å². The Kier molecular flexibility index (Phi) is 6.20.